The molecule has 204 valence electrons. The number of piperazine rings is 1. The smallest absolute Gasteiger partial charge is 0.236 e. The first-order valence-corrected chi connectivity index (χ1v) is 13.7. The van der Waals surface area contributed by atoms with Gasteiger partial charge in [-0.05, 0) is 67.4 Å². The van der Waals surface area contributed by atoms with Crippen LogP contribution in [0.4, 0.5) is 11.4 Å². The number of phenols is 1. The molecule has 2 amide bonds. The fourth-order valence-corrected chi connectivity index (χ4v) is 5.21. The molecule has 9 nitrogen and oxygen atoms in total. The SMILES string of the molecule is CCc1cnc(-c2ccc(N3CCN(C(=O)CN4CC[C@@H](C(=O)Nc5ccc(O)c(Cl)c5)C4)CC3)cc2)nc1. The van der Waals surface area contributed by atoms with Gasteiger partial charge in [0.1, 0.15) is 5.75 Å². The van der Waals surface area contributed by atoms with Crippen molar-refractivity contribution in [2.75, 3.05) is 56.0 Å². The number of carbonyl (C=O) groups excluding carboxylic acids is 2. The number of phenolic OH excluding ortho intramolecular Hbond substituents is 1. The molecule has 0 radical (unpaired) electrons. The van der Waals surface area contributed by atoms with Crippen LogP contribution in [0.5, 0.6) is 5.75 Å². The van der Waals surface area contributed by atoms with Crippen LogP contribution < -0.4 is 10.2 Å². The van der Waals surface area contributed by atoms with Gasteiger partial charge in [0.2, 0.25) is 11.8 Å². The van der Waals surface area contributed by atoms with Gasteiger partial charge in [0.05, 0.1) is 17.5 Å². The molecule has 2 aromatic carbocycles. The highest BCUT2D eigenvalue weighted by Crippen LogP contribution is 2.27. The number of hydrogen-bond donors (Lipinski definition) is 2. The highest BCUT2D eigenvalue weighted by atomic mass is 35.5. The number of nitrogens with zero attached hydrogens (tertiary/aromatic N) is 5. The van der Waals surface area contributed by atoms with Crippen LogP contribution in [0.1, 0.15) is 18.9 Å². The fraction of sp³-hybridized carbons (Fsp3) is 0.379. The van der Waals surface area contributed by atoms with E-state index in [1.807, 2.05) is 29.4 Å². The summed E-state index contributed by atoms with van der Waals surface area (Å²) in [5.41, 5.74) is 3.78. The van der Waals surface area contributed by atoms with E-state index in [0.717, 1.165) is 42.1 Å². The van der Waals surface area contributed by atoms with Crippen molar-refractivity contribution in [3.8, 4) is 17.1 Å². The van der Waals surface area contributed by atoms with Crippen molar-refractivity contribution in [2.45, 2.75) is 19.8 Å². The number of amides is 2. The lowest BCUT2D eigenvalue weighted by Gasteiger charge is -2.36. The summed E-state index contributed by atoms with van der Waals surface area (Å²) in [4.78, 5) is 40.9. The molecule has 2 fully saturated rings. The van der Waals surface area contributed by atoms with Crippen LogP contribution in [0.25, 0.3) is 11.4 Å². The zero-order valence-electron chi connectivity index (χ0n) is 22.0. The van der Waals surface area contributed by atoms with E-state index in [1.54, 1.807) is 6.07 Å². The normalized spacial score (nSPS) is 17.8. The molecule has 1 atom stereocenters. The number of rotatable bonds is 7. The van der Waals surface area contributed by atoms with E-state index < -0.39 is 0 Å². The van der Waals surface area contributed by atoms with Crippen molar-refractivity contribution >= 4 is 34.8 Å². The molecule has 39 heavy (non-hydrogen) atoms. The number of likely N-dealkylation sites (tertiary alicyclic amines) is 1. The standard InChI is InChI=1S/C29H33ClN6O3/c1-2-20-16-31-28(32-17-20)21-3-6-24(7-4-21)35-11-13-36(14-12-35)27(38)19-34-10-9-22(18-34)29(39)33-23-5-8-26(37)25(30)15-23/h3-8,15-17,22,37H,2,9-14,18-19H2,1H3,(H,33,39)/t22-/m1/s1. The molecule has 10 heteroatoms. The number of aromatic nitrogens is 2. The van der Waals surface area contributed by atoms with Crippen molar-refractivity contribution in [2.24, 2.45) is 5.92 Å². The highest BCUT2D eigenvalue weighted by molar-refractivity contribution is 6.32. The third-order valence-electron chi connectivity index (χ3n) is 7.45. The summed E-state index contributed by atoms with van der Waals surface area (Å²) in [6, 6.07) is 12.9. The second-order valence-corrected chi connectivity index (χ2v) is 10.5. The minimum absolute atomic E-state index is 0.0254. The van der Waals surface area contributed by atoms with E-state index in [0.29, 0.717) is 44.8 Å². The lowest BCUT2D eigenvalue weighted by Crippen LogP contribution is -2.51. The molecular formula is C29H33ClN6O3. The second kappa shape index (κ2) is 12.0. The van der Waals surface area contributed by atoms with Gasteiger partial charge in [-0.3, -0.25) is 14.5 Å². The van der Waals surface area contributed by atoms with Crippen LogP contribution in [0, 0.1) is 5.92 Å². The van der Waals surface area contributed by atoms with Gasteiger partial charge in [-0.1, -0.05) is 18.5 Å². The predicted octanol–water partition coefficient (Wildman–Crippen LogP) is 3.67. The first-order valence-electron chi connectivity index (χ1n) is 13.4. The zero-order chi connectivity index (χ0) is 27.4. The first-order chi connectivity index (χ1) is 18.9. The average Bonchev–Trinajstić information content (AvgIpc) is 3.44. The maximum atomic E-state index is 13.0. The van der Waals surface area contributed by atoms with Crippen LogP contribution in [0.2, 0.25) is 5.02 Å². The fourth-order valence-electron chi connectivity index (χ4n) is 5.03. The van der Waals surface area contributed by atoms with Crippen LogP contribution in [-0.4, -0.2) is 82.5 Å². The Morgan fingerprint density at radius 3 is 2.41 bits per heavy atom. The second-order valence-electron chi connectivity index (χ2n) is 10.1. The van der Waals surface area contributed by atoms with Gasteiger partial charge < -0.3 is 20.2 Å². The number of halogens is 1. The van der Waals surface area contributed by atoms with Gasteiger partial charge in [-0.15, -0.1) is 0 Å². The summed E-state index contributed by atoms with van der Waals surface area (Å²) < 4.78 is 0. The molecule has 0 unspecified atom stereocenters. The summed E-state index contributed by atoms with van der Waals surface area (Å²) in [6.45, 7) is 6.53. The van der Waals surface area contributed by atoms with Crippen molar-refractivity contribution in [3.05, 3.63) is 65.4 Å². The maximum Gasteiger partial charge on any atom is 0.236 e. The summed E-state index contributed by atoms with van der Waals surface area (Å²) >= 11 is 5.93. The molecule has 3 heterocycles. The summed E-state index contributed by atoms with van der Waals surface area (Å²) in [5.74, 6) is 0.503. The number of aryl methyl sites for hydroxylation is 1. The Labute approximate surface area is 233 Å². The minimum Gasteiger partial charge on any atom is -0.506 e. The molecule has 0 bridgehead atoms. The molecule has 2 N–H and O–H groups in total. The van der Waals surface area contributed by atoms with E-state index in [9.17, 15) is 14.7 Å². The van der Waals surface area contributed by atoms with Crippen molar-refractivity contribution < 1.29 is 14.7 Å². The van der Waals surface area contributed by atoms with E-state index in [4.69, 9.17) is 11.6 Å². The predicted molar refractivity (Wildman–Crippen MR) is 152 cm³/mol. The molecule has 1 aromatic heterocycles. The average molecular weight is 549 g/mol. The Bertz CT molecular complexity index is 1310. The number of hydrogen-bond acceptors (Lipinski definition) is 7. The van der Waals surface area contributed by atoms with Gasteiger partial charge in [-0.25, -0.2) is 9.97 Å². The van der Waals surface area contributed by atoms with Crippen molar-refractivity contribution in [3.63, 3.8) is 0 Å². The number of anilines is 2. The Hall–Kier alpha value is -3.69. The molecular weight excluding hydrogens is 516 g/mol. The van der Waals surface area contributed by atoms with Crippen LogP contribution in [-0.2, 0) is 16.0 Å². The maximum absolute atomic E-state index is 13.0. The van der Waals surface area contributed by atoms with E-state index in [1.165, 1.54) is 12.1 Å². The molecule has 2 aliphatic heterocycles. The molecule has 3 aromatic rings. The molecule has 2 aliphatic rings. The number of aromatic hydroxyl groups is 1. The third kappa shape index (κ3) is 6.49. The lowest BCUT2D eigenvalue weighted by molar-refractivity contribution is -0.132. The largest absolute Gasteiger partial charge is 0.506 e. The topological polar surface area (TPSA) is 102 Å². The van der Waals surface area contributed by atoms with Crippen molar-refractivity contribution in [1.82, 2.24) is 19.8 Å². The molecule has 0 aliphatic carbocycles. The Balaban J connectivity index is 1.07. The lowest BCUT2D eigenvalue weighted by atomic mass is 10.1. The quantitative estimate of drug-likeness (QED) is 0.434. The molecule has 5 rings (SSSR count). The van der Waals surface area contributed by atoms with Crippen molar-refractivity contribution in [1.29, 1.82) is 0 Å². The number of carbonyl (C=O) groups is 2. The molecule has 2 saturated heterocycles. The minimum atomic E-state index is -0.194. The summed E-state index contributed by atoms with van der Waals surface area (Å²) in [5, 5.41) is 12.6. The van der Waals surface area contributed by atoms with Gasteiger partial charge in [0, 0.05) is 62.1 Å². The highest BCUT2D eigenvalue weighted by Gasteiger charge is 2.31. The van der Waals surface area contributed by atoms with E-state index in [2.05, 4.69) is 44.1 Å². The molecule has 0 saturated carbocycles. The Morgan fingerprint density at radius 2 is 1.74 bits per heavy atom. The van der Waals surface area contributed by atoms with Crippen LogP contribution in [0.3, 0.4) is 0 Å². The van der Waals surface area contributed by atoms with E-state index in [-0.39, 0.29) is 28.5 Å². The van der Waals surface area contributed by atoms with Gasteiger partial charge in [0.25, 0.3) is 0 Å². The summed E-state index contributed by atoms with van der Waals surface area (Å²) in [7, 11) is 0. The molecule has 0 spiro atoms. The first kappa shape index (κ1) is 26.9. The third-order valence-corrected chi connectivity index (χ3v) is 7.76. The van der Waals surface area contributed by atoms with Gasteiger partial charge in [-0.2, -0.15) is 0 Å². The van der Waals surface area contributed by atoms with Crippen LogP contribution >= 0.6 is 11.6 Å². The van der Waals surface area contributed by atoms with Crippen LogP contribution in [0.15, 0.2) is 54.9 Å². The monoisotopic (exact) mass is 548 g/mol. The Morgan fingerprint density at radius 1 is 1.03 bits per heavy atom. The van der Waals surface area contributed by atoms with Gasteiger partial charge >= 0.3 is 0 Å². The number of nitrogens with one attached hydrogen (secondary N) is 1. The van der Waals surface area contributed by atoms with E-state index >= 15 is 0 Å². The summed E-state index contributed by atoms with van der Waals surface area (Å²) in [6.07, 6.45) is 5.36. The van der Waals surface area contributed by atoms with Gasteiger partial charge in [0.15, 0.2) is 5.82 Å². The number of benzene rings is 2. The zero-order valence-corrected chi connectivity index (χ0v) is 22.8. The Kier molecular flexibility index (Phi) is 8.28.